The summed E-state index contributed by atoms with van der Waals surface area (Å²) in [5, 5.41) is 16.5. The second-order valence-corrected chi connectivity index (χ2v) is 10.1. The lowest BCUT2D eigenvalue weighted by Gasteiger charge is -2.22. The summed E-state index contributed by atoms with van der Waals surface area (Å²) in [6, 6.07) is 3.67. The van der Waals surface area contributed by atoms with Crippen LogP contribution in [-0.2, 0) is 14.2 Å². The van der Waals surface area contributed by atoms with Crippen molar-refractivity contribution in [2.24, 2.45) is 4.99 Å². The average molecular weight is 508 g/mol. The fourth-order valence-electron chi connectivity index (χ4n) is 3.33. The lowest BCUT2D eigenvalue weighted by Crippen LogP contribution is -2.47. The molecule has 1 unspecified atom stereocenters. The van der Waals surface area contributed by atoms with Gasteiger partial charge in [-0.05, 0) is 60.1 Å². The monoisotopic (exact) mass is 507 g/mol. The molecule has 0 spiro atoms. The van der Waals surface area contributed by atoms with Gasteiger partial charge in [0.05, 0.1) is 23.6 Å². The predicted molar refractivity (Wildman–Crippen MR) is 131 cm³/mol. The Hall–Kier alpha value is -3.90. The van der Waals surface area contributed by atoms with Crippen molar-refractivity contribution in [2.45, 2.75) is 65.2 Å². The smallest absolute Gasteiger partial charge is 0.414 e. The number of carbonyl (C=O) groups is 3. The summed E-state index contributed by atoms with van der Waals surface area (Å²) in [5.41, 5.74) is -1.43. The van der Waals surface area contributed by atoms with Crippen LogP contribution in [0.15, 0.2) is 23.2 Å². The molecule has 1 fully saturated rings. The first-order valence-electron chi connectivity index (χ1n) is 11.3. The number of alkyl carbamates (subject to hydrolysis) is 2. The maximum Gasteiger partial charge on any atom is 0.414 e. The number of amides is 2. The molecule has 13 nitrogen and oxygen atoms in total. The van der Waals surface area contributed by atoms with Crippen molar-refractivity contribution < 1.29 is 33.5 Å². The molecule has 2 amide bonds. The molecule has 2 rings (SSSR count). The number of hydrogen-bond acceptors (Lipinski definition) is 10. The van der Waals surface area contributed by atoms with Gasteiger partial charge in [0.25, 0.3) is 5.69 Å². The zero-order valence-corrected chi connectivity index (χ0v) is 21.5. The first kappa shape index (κ1) is 28.3. The molecular weight excluding hydrogens is 474 g/mol. The Balaban J connectivity index is 2.25. The van der Waals surface area contributed by atoms with Gasteiger partial charge in [0.2, 0.25) is 5.96 Å². The van der Waals surface area contributed by atoms with Crippen molar-refractivity contribution in [2.75, 3.05) is 25.1 Å². The number of benzene rings is 1. The summed E-state index contributed by atoms with van der Waals surface area (Å²) in [6.45, 7) is 10.8. The number of carbonyl (C=O) groups excluding carboxylic acids is 3. The van der Waals surface area contributed by atoms with E-state index in [9.17, 15) is 24.5 Å². The minimum atomic E-state index is -0.818. The molecule has 0 saturated carbocycles. The molecule has 2 N–H and O–H groups in total. The first-order chi connectivity index (χ1) is 16.6. The third kappa shape index (κ3) is 8.71. The molecule has 0 aliphatic carbocycles. The van der Waals surface area contributed by atoms with E-state index in [1.54, 1.807) is 46.4 Å². The van der Waals surface area contributed by atoms with E-state index in [1.807, 2.05) is 0 Å². The summed E-state index contributed by atoms with van der Waals surface area (Å²) >= 11 is 0. The van der Waals surface area contributed by atoms with Crippen molar-refractivity contribution in [1.82, 2.24) is 10.6 Å². The highest BCUT2D eigenvalue weighted by Gasteiger charge is 2.30. The number of ether oxygens (including phenoxy) is 3. The van der Waals surface area contributed by atoms with Gasteiger partial charge in [0.1, 0.15) is 16.9 Å². The standard InChI is InChI=1S/C23H33N5O8/c1-22(2,3)35-20(30)25-19(26-21(31)36-23(4,5)6)24-15-10-11-27(13-15)16-9-8-14(18(29)34-7)12-17(16)28(32)33/h8-9,12,15H,10-11,13H2,1-7H3,(H2,24,25,26,30,31). The number of anilines is 1. The van der Waals surface area contributed by atoms with Crippen molar-refractivity contribution >= 4 is 35.5 Å². The molecular formula is C23H33N5O8. The summed E-state index contributed by atoms with van der Waals surface area (Å²) in [6.07, 6.45) is -1.16. The van der Waals surface area contributed by atoms with Gasteiger partial charge in [-0.1, -0.05) is 0 Å². The number of aliphatic imine (C=N–C) groups is 1. The fourth-order valence-corrected chi connectivity index (χ4v) is 3.33. The third-order valence-electron chi connectivity index (χ3n) is 4.65. The maximum absolute atomic E-state index is 12.3. The van der Waals surface area contributed by atoms with Crippen LogP contribution in [0.3, 0.4) is 0 Å². The molecule has 0 bridgehead atoms. The van der Waals surface area contributed by atoms with Crippen LogP contribution in [0, 0.1) is 10.1 Å². The molecule has 1 aromatic rings. The topological polar surface area (TPSA) is 162 Å². The lowest BCUT2D eigenvalue weighted by molar-refractivity contribution is -0.384. The van der Waals surface area contributed by atoms with Gasteiger partial charge in [-0.15, -0.1) is 0 Å². The number of methoxy groups -OCH3 is 1. The van der Waals surface area contributed by atoms with Gasteiger partial charge in [-0.25, -0.2) is 19.4 Å². The lowest BCUT2D eigenvalue weighted by atomic mass is 10.1. The Labute approximate surface area is 209 Å². The van der Waals surface area contributed by atoms with Crippen LogP contribution in [0.4, 0.5) is 21.0 Å². The molecule has 198 valence electrons. The fraction of sp³-hybridized carbons (Fsp3) is 0.565. The molecule has 1 atom stereocenters. The molecule has 13 heteroatoms. The Bertz CT molecular complexity index is 1010. The Morgan fingerprint density at radius 2 is 1.61 bits per heavy atom. The van der Waals surface area contributed by atoms with E-state index in [-0.39, 0.29) is 23.8 Å². The van der Waals surface area contributed by atoms with Crippen LogP contribution in [-0.4, -0.2) is 66.5 Å². The highest BCUT2D eigenvalue weighted by molar-refractivity contribution is 6.01. The highest BCUT2D eigenvalue weighted by Crippen LogP contribution is 2.32. The molecule has 1 aliphatic heterocycles. The zero-order chi connectivity index (χ0) is 27.3. The molecule has 1 heterocycles. The number of nitro groups is 1. The van der Waals surface area contributed by atoms with E-state index in [4.69, 9.17) is 9.47 Å². The number of rotatable bonds is 4. The van der Waals surface area contributed by atoms with Crippen LogP contribution in [0.5, 0.6) is 0 Å². The number of nitrogens with zero attached hydrogens (tertiary/aromatic N) is 3. The summed E-state index contributed by atoms with van der Waals surface area (Å²) < 4.78 is 15.1. The van der Waals surface area contributed by atoms with E-state index in [0.29, 0.717) is 18.7 Å². The van der Waals surface area contributed by atoms with E-state index in [1.165, 1.54) is 19.2 Å². The van der Waals surface area contributed by atoms with Gasteiger partial charge >= 0.3 is 18.2 Å². The Kier molecular flexibility index (Phi) is 8.84. The number of esters is 1. The summed E-state index contributed by atoms with van der Waals surface area (Å²) in [5.74, 6) is -0.847. The van der Waals surface area contributed by atoms with E-state index >= 15 is 0 Å². The van der Waals surface area contributed by atoms with Gasteiger partial charge in [0.15, 0.2) is 0 Å². The van der Waals surface area contributed by atoms with E-state index < -0.39 is 40.3 Å². The Morgan fingerprint density at radius 1 is 1.06 bits per heavy atom. The zero-order valence-electron chi connectivity index (χ0n) is 21.5. The molecule has 0 radical (unpaired) electrons. The summed E-state index contributed by atoms with van der Waals surface area (Å²) in [4.78, 5) is 53.6. The van der Waals surface area contributed by atoms with E-state index in [2.05, 4.69) is 20.4 Å². The number of nitro benzene ring substituents is 1. The second-order valence-electron chi connectivity index (χ2n) is 10.1. The van der Waals surface area contributed by atoms with Crippen LogP contribution in [0.1, 0.15) is 58.3 Å². The SMILES string of the molecule is COC(=O)c1ccc(N2CCC(N=C(NC(=O)OC(C)(C)C)NC(=O)OC(C)(C)C)C2)c([N+](=O)[O-])c1. The minimum Gasteiger partial charge on any atom is -0.465 e. The quantitative estimate of drug-likeness (QED) is 0.155. The van der Waals surface area contributed by atoms with Crippen molar-refractivity contribution in [1.29, 1.82) is 0 Å². The van der Waals surface area contributed by atoms with Gasteiger partial charge in [-0.3, -0.25) is 20.7 Å². The first-order valence-corrected chi connectivity index (χ1v) is 11.3. The van der Waals surface area contributed by atoms with Gasteiger partial charge in [-0.2, -0.15) is 0 Å². The maximum atomic E-state index is 12.3. The highest BCUT2D eigenvalue weighted by atomic mass is 16.6. The van der Waals surface area contributed by atoms with Crippen LogP contribution in [0.2, 0.25) is 0 Å². The molecule has 36 heavy (non-hydrogen) atoms. The second kappa shape index (κ2) is 11.2. The van der Waals surface area contributed by atoms with Crippen LogP contribution < -0.4 is 15.5 Å². The third-order valence-corrected chi connectivity index (χ3v) is 4.65. The molecule has 1 aromatic carbocycles. The average Bonchev–Trinajstić information content (AvgIpc) is 3.17. The van der Waals surface area contributed by atoms with E-state index in [0.717, 1.165) is 6.07 Å². The normalized spacial score (nSPS) is 15.5. The molecule has 0 aromatic heterocycles. The van der Waals surface area contributed by atoms with Gasteiger partial charge < -0.3 is 19.1 Å². The number of hydrogen-bond donors (Lipinski definition) is 2. The number of nitrogens with one attached hydrogen (secondary N) is 2. The Morgan fingerprint density at radius 3 is 2.08 bits per heavy atom. The summed E-state index contributed by atoms with van der Waals surface area (Å²) in [7, 11) is 1.19. The number of guanidine groups is 1. The van der Waals surface area contributed by atoms with Crippen LogP contribution >= 0.6 is 0 Å². The predicted octanol–water partition coefficient (Wildman–Crippen LogP) is 3.37. The molecule has 1 aliphatic rings. The van der Waals surface area contributed by atoms with Crippen molar-refractivity contribution in [3.8, 4) is 0 Å². The largest absolute Gasteiger partial charge is 0.465 e. The van der Waals surface area contributed by atoms with Crippen molar-refractivity contribution in [3.05, 3.63) is 33.9 Å². The molecule has 1 saturated heterocycles. The van der Waals surface area contributed by atoms with Gasteiger partial charge in [0, 0.05) is 19.2 Å². The minimum absolute atomic E-state index is 0.0622. The van der Waals surface area contributed by atoms with Crippen LogP contribution in [0.25, 0.3) is 0 Å². The van der Waals surface area contributed by atoms with Crippen molar-refractivity contribution in [3.63, 3.8) is 0 Å².